The van der Waals surface area contributed by atoms with Gasteiger partial charge in [0.1, 0.15) is 19.4 Å². The summed E-state index contributed by atoms with van der Waals surface area (Å²) < 4.78 is 57.5. The van der Waals surface area contributed by atoms with Crippen molar-refractivity contribution in [2.24, 2.45) is 0 Å². The van der Waals surface area contributed by atoms with Gasteiger partial charge in [-0.1, -0.05) is 123 Å². The number of hydrogen-bond donors (Lipinski definition) is 1. The fourth-order valence-electron chi connectivity index (χ4n) is 12.2. The van der Waals surface area contributed by atoms with Crippen molar-refractivity contribution in [2.75, 3.05) is 105 Å². The SMILES string of the molecule is C=C/C(=C\C(=C)C(F)(F)F)C(=O)N1COC(CCN2CCC3(CC2)c2ccccc2C[C@@H]3OCC(=O)N(C)CCCC(=O)c2ccc(CN(C)CCCCCC(=O)N(C)CCN3CCC(OC(=O)Nc4ccccc4-c4ccccc4)CC3)cc2)C1. The summed E-state index contributed by atoms with van der Waals surface area (Å²) >= 11 is 0. The number of para-hydroxylation sites is 1. The van der Waals surface area contributed by atoms with Crippen molar-refractivity contribution in [3.8, 4) is 11.1 Å². The number of anilines is 1. The van der Waals surface area contributed by atoms with E-state index >= 15 is 0 Å². The van der Waals surface area contributed by atoms with Crippen LogP contribution in [0, 0.1) is 0 Å². The fourth-order valence-corrected chi connectivity index (χ4v) is 12.2. The fraction of sp³-hybridized carbons (Fsp3) is 0.485. The Balaban J connectivity index is 0.659. The van der Waals surface area contributed by atoms with Crippen LogP contribution in [-0.2, 0) is 47.0 Å². The molecule has 4 amide bonds. The third-order valence-electron chi connectivity index (χ3n) is 17.6. The lowest BCUT2D eigenvalue weighted by Crippen LogP contribution is -2.49. The number of ketones is 1. The maximum Gasteiger partial charge on any atom is 0.415 e. The quantitative estimate of drug-likeness (QED) is 0.0251. The van der Waals surface area contributed by atoms with Gasteiger partial charge in [-0.05, 0) is 119 Å². The molecule has 1 aliphatic carbocycles. The molecule has 0 saturated carbocycles. The molecule has 2 atom stereocenters. The smallest absolute Gasteiger partial charge is 0.415 e. The molecule has 1 N–H and O–H groups in total. The summed E-state index contributed by atoms with van der Waals surface area (Å²) in [7, 11) is 5.71. The van der Waals surface area contributed by atoms with Gasteiger partial charge in [0.05, 0.1) is 17.9 Å². The van der Waals surface area contributed by atoms with Crippen LogP contribution in [0.5, 0.6) is 0 Å². The van der Waals surface area contributed by atoms with E-state index in [0.717, 1.165) is 133 Å². The van der Waals surface area contributed by atoms with E-state index in [1.807, 2.05) is 96.9 Å². The number of unbranched alkanes of at least 4 members (excludes halogenated alkanes) is 2. The number of carbonyl (C=O) groups is 5. The Morgan fingerprint density at radius 1 is 0.767 bits per heavy atom. The highest BCUT2D eigenvalue weighted by atomic mass is 19.4. The van der Waals surface area contributed by atoms with Crippen molar-refractivity contribution >= 4 is 35.3 Å². The third kappa shape index (κ3) is 18.1. The van der Waals surface area contributed by atoms with Crippen LogP contribution < -0.4 is 5.32 Å². The van der Waals surface area contributed by atoms with Gasteiger partial charge in [-0.25, -0.2) is 4.79 Å². The van der Waals surface area contributed by atoms with E-state index in [-0.39, 0.29) is 66.8 Å². The van der Waals surface area contributed by atoms with E-state index in [4.69, 9.17) is 14.2 Å². The number of hydrogen-bond acceptors (Lipinski definition) is 11. The highest BCUT2D eigenvalue weighted by molar-refractivity contribution is 5.97. The predicted molar refractivity (Wildman–Crippen MR) is 328 cm³/mol. The van der Waals surface area contributed by atoms with Gasteiger partial charge in [0.2, 0.25) is 11.8 Å². The lowest BCUT2D eigenvalue weighted by molar-refractivity contribution is -0.139. The molecule has 0 aromatic heterocycles. The summed E-state index contributed by atoms with van der Waals surface area (Å²) in [6.45, 7) is 14.2. The van der Waals surface area contributed by atoms with Crippen LogP contribution in [0.15, 0.2) is 140 Å². The molecular formula is C68H86F3N7O8. The summed E-state index contributed by atoms with van der Waals surface area (Å²) in [6, 6.07) is 33.8. The molecular weight excluding hydrogens is 1100 g/mol. The van der Waals surface area contributed by atoms with Crippen molar-refractivity contribution in [3.05, 3.63) is 162 Å². The molecule has 462 valence electrons. The molecule has 0 bridgehead atoms. The second kappa shape index (κ2) is 31.1. The van der Waals surface area contributed by atoms with E-state index in [9.17, 15) is 37.1 Å². The number of carbonyl (C=O) groups excluding carboxylic acids is 5. The normalized spacial score (nSPS) is 18.2. The first-order valence-electron chi connectivity index (χ1n) is 30.5. The van der Waals surface area contributed by atoms with Crippen LogP contribution in [-0.4, -0.2) is 183 Å². The molecule has 3 heterocycles. The van der Waals surface area contributed by atoms with Crippen molar-refractivity contribution in [3.63, 3.8) is 0 Å². The molecule has 86 heavy (non-hydrogen) atoms. The molecule has 1 unspecified atom stereocenters. The van der Waals surface area contributed by atoms with Crippen molar-refractivity contribution in [1.29, 1.82) is 0 Å². The molecule has 18 heteroatoms. The van der Waals surface area contributed by atoms with Crippen LogP contribution in [0.25, 0.3) is 11.1 Å². The Hall–Kier alpha value is -6.96. The van der Waals surface area contributed by atoms with Crippen molar-refractivity contribution < 1.29 is 51.4 Å². The highest BCUT2D eigenvalue weighted by Gasteiger charge is 2.49. The monoisotopic (exact) mass is 1190 g/mol. The molecule has 4 aliphatic rings. The summed E-state index contributed by atoms with van der Waals surface area (Å²) in [5.41, 5.74) is 5.41. The molecule has 15 nitrogen and oxygen atoms in total. The number of alkyl halides is 3. The summed E-state index contributed by atoms with van der Waals surface area (Å²) in [4.78, 5) is 77.4. The minimum Gasteiger partial charge on any atom is -0.446 e. The van der Waals surface area contributed by atoms with Crippen molar-refractivity contribution in [2.45, 2.75) is 113 Å². The second-order valence-electron chi connectivity index (χ2n) is 23.6. The second-order valence-corrected chi connectivity index (χ2v) is 23.6. The number of Topliss-reactive ketones (excluding diaryl/α,β-unsaturated/α-hetero) is 1. The lowest BCUT2D eigenvalue weighted by Gasteiger charge is -2.43. The number of allylic oxidation sites excluding steroid dienone is 2. The largest absolute Gasteiger partial charge is 0.446 e. The molecule has 3 fully saturated rings. The number of nitrogens with one attached hydrogen (secondary N) is 1. The maximum atomic E-state index is 13.5. The molecule has 1 spiro atoms. The number of likely N-dealkylation sites (tertiary alicyclic amines) is 2. The van der Waals surface area contributed by atoms with Gasteiger partial charge in [-0.2, -0.15) is 13.2 Å². The molecule has 3 aliphatic heterocycles. The lowest BCUT2D eigenvalue weighted by atomic mass is 9.72. The number of nitrogens with zero attached hydrogens (tertiary/aromatic N) is 6. The van der Waals surface area contributed by atoms with E-state index in [1.165, 1.54) is 16.0 Å². The first-order valence-corrected chi connectivity index (χ1v) is 30.5. The van der Waals surface area contributed by atoms with E-state index in [0.29, 0.717) is 50.0 Å². The van der Waals surface area contributed by atoms with Gasteiger partial charge in [0.25, 0.3) is 5.91 Å². The number of ether oxygens (including phenoxy) is 3. The molecule has 4 aromatic rings. The number of piperidine rings is 2. The number of likely N-dealkylation sites (N-methyl/N-ethyl adjacent to an activating group) is 2. The van der Waals surface area contributed by atoms with Crippen LogP contribution in [0.4, 0.5) is 23.7 Å². The number of halogens is 3. The zero-order valence-corrected chi connectivity index (χ0v) is 50.4. The van der Waals surface area contributed by atoms with Crippen molar-refractivity contribution in [1.82, 2.24) is 29.4 Å². The number of fused-ring (bicyclic) bond motifs is 2. The third-order valence-corrected chi connectivity index (χ3v) is 17.6. The Morgan fingerprint density at radius 2 is 1.45 bits per heavy atom. The first-order chi connectivity index (χ1) is 41.4. The Labute approximate surface area is 505 Å². The topological polar surface area (TPSA) is 145 Å². The molecule has 3 saturated heterocycles. The Kier molecular flexibility index (Phi) is 23.5. The first kappa shape index (κ1) is 65.0. The molecule has 8 rings (SSSR count). The Bertz CT molecular complexity index is 2980. The van der Waals surface area contributed by atoms with Gasteiger partial charge in [-0.3, -0.25) is 24.5 Å². The van der Waals surface area contributed by atoms with Crippen LogP contribution in [0.3, 0.4) is 0 Å². The maximum absolute atomic E-state index is 13.5. The number of benzene rings is 4. The van der Waals surface area contributed by atoms with Gasteiger partial charge < -0.3 is 43.6 Å². The summed E-state index contributed by atoms with van der Waals surface area (Å²) in [5.74, 6) is -0.520. The van der Waals surface area contributed by atoms with Gasteiger partial charge in [0, 0.05) is 107 Å². The van der Waals surface area contributed by atoms with Crippen LogP contribution in [0.2, 0.25) is 0 Å². The Morgan fingerprint density at radius 3 is 2.19 bits per heavy atom. The summed E-state index contributed by atoms with van der Waals surface area (Å²) in [6.07, 6.45) is 4.84. The van der Waals surface area contributed by atoms with E-state index in [1.54, 1.807) is 11.9 Å². The zero-order chi connectivity index (χ0) is 61.2. The average Bonchev–Trinajstić information content (AvgIpc) is 1.67. The van der Waals surface area contributed by atoms with Gasteiger partial charge in [0.15, 0.2) is 5.78 Å². The van der Waals surface area contributed by atoms with E-state index in [2.05, 4.69) is 58.4 Å². The summed E-state index contributed by atoms with van der Waals surface area (Å²) in [5, 5.41) is 2.94. The predicted octanol–water partition coefficient (Wildman–Crippen LogP) is 10.7. The number of amides is 4. The number of rotatable bonds is 28. The zero-order valence-electron chi connectivity index (χ0n) is 50.4. The van der Waals surface area contributed by atoms with E-state index < -0.39 is 23.7 Å². The molecule has 4 aromatic carbocycles. The van der Waals surface area contributed by atoms with Gasteiger partial charge >= 0.3 is 12.3 Å². The minimum absolute atomic E-state index is 0.0106. The van der Waals surface area contributed by atoms with Crippen LogP contribution in [0.1, 0.15) is 97.7 Å². The van der Waals surface area contributed by atoms with Gasteiger partial charge in [-0.15, -0.1) is 0 Å². The highest BCUT2D eigenvalue weighted by Crippen LogP contribution is 2.48. The average molecular weight is 1190 g/mol. The minimum atomic E-state index is -4.64. The molecule has 0 radical (unpaired) electrons. The standard InChI is InChI=1S/C68H86F3N7O8/c1-6-52(44-50(2)68(69,70)71)65(82)78-47-57(85-49-78)32-39-77-40-33-67(34-41-77)59-22-14-12-20-55(59)45-62(67)84-48-64(81)74(4)36-17-24-61(79)54-28-26-51(27-29-54)46-73(3)35-16-8-11-25-63(80)75(5)42-43-76-37-30-56(31-38-76)86-66(83)72-60-23-15-13-21-58(60)53-18-9-7-10-19-53/h6-7,9-10,12-15,18-23,26-29,44,56-57,62H,1-2,8,11,16-17,24-25,30-43,45-49H2,3-5H3,(H,72,83)/b52-44+/t57?,62-/m0/s1. The van der Waals surface area contributed by atoms with Crippen LogP contribution >= 0.6 is 0 Å².